The summed E-state index contributed by atoms with van der Waals surface area (Å²) in [6, 6.07) is 16.4. The Bertz CT molecular complexity index is 612. The number of oxime groups is 1. The fraction of sp³-hybridized carbons (Fsp3) is 0.381. The highest BCUT2D eigenvalue weighted by atomic mass is 16.4. The summed E-state index contributed by atoms with van der Waals surface area (Å²) in [5.41, 5.74) is 4.78. The van der Waals surface area contributed by atoms with Crippen LogP contribution in [0.4, 0.5) is 11.4 Å². The molecule has 0 unspecified atom stereocenters. The first-order valence-corrected chi connectivity index (χ1v) is 9.11. The number of hydrogen-bond donors (Lipinski definition) is 1. The van der Waals surface area contributed by atoms with Crippen LogP contribution in [-0.4, -0.2) is 37.1 Å². The number of hydrogen-bond acceptors (Lipinski definition) is 4. The van der Waals surface area contributed by atoms with E-state index in [-0.39, 0.29) is 0 Å². The molecule has 2 aromatic rings. The van der Waals surface area contributed by atoms with Crippen molar-refractivity contribution in [1.29, 1.82) is 0 Å². The van der Waals surface area contributed by atoms with Crippen LogP contribution in [0.25, 0.3) is 0 Å². The highest BCUT2D eigenvalue weighted by Crippen LogP contribution is 2.20. The van der Waals surface area contributed by atoms with Crippen LogP contribution < -0.4 is 9.80 Å². The summed E-state index contributed by atoms with van der Waals surface area (Å²) < 4.78 is 0. The molecule has 0 radical (unpaired) electrons. The van der Waals surface area contributed by atoms with Crippen molar-refractivity contribution in [2.45, 2.75) is 27.7 Å². The minimum Gasteiger partial charge on any atom is -0.410 e. The van der Waals surface area contributed by atoms with Crippen molar-refractivity contribution in [3.8, 4) is 0 Å². The number of anilines is 2. The topological polar surface area (TPSA) is 39.1 Å². The lowest BCUT2D eigenvalue weighted by Gasteiger charge is -2.22. The summed E-state index contributed by atoms with van der Waals surface area (Å²) >= 11 is 0. The molecule has 0 heterocycles. The van der Waals surface area contributed by atoms with Crippen molar-refractivity contribution < 1.29 is 5.21 Å². The van der Waals surface area contributed by atoms with Crippen LogP contribution in [0.15, 0.2) is 53.7 Å². The third-order valence-corrected chi connectivity index (χ3v) is 4.64. The summed E-state index contributed by atoms with van der Waals surface area (Å²) in [6.45, 7) is 12.5. The molecular formula is C21H29N3O. The molecule has 0 saturated heterocycles. The van der Waals surface area contributed by atoms with Gasteiger partial charge in [-0.05, 0) is 52.0 Å². The first-order valence-electron chi connectivity index (χ1n) is 9.11. The van der Waals surface area contributed by atoms with Crippen LogP contribution in [0, 0.1) is 0 Å². The Kier molecular flexibility index (Phi) is 6.87. The Hall–Kier alpha value is -2.49. The molecule has 0 saturated carbocycles. The van der Waals surface area contributed by atoms with Gasteiger partial charge in [-0.25, -0.2) is 0 Å². The molecule has 0 aromatic heterocycles. The predicted octanol–water partition coefficient (Wildman–Crippen LogP) is 4.61. The average Bonchev–Trinajstić information content (AvgIpc) is 2.67. The third kappa shape index (κ3) is 4.32. The smallest absolute Gasteiger partial charge is 0.117 e. The van der Waals surface area contributed by atoms with Gasteiger partial charge in [-0.3, -0.25) is 0 Å². The van der Waals surface area contributed by atoms with E-state index in [0.717, 1.165) is 37.3 Å². The van der Waals surface area contributed by atoms with Gasteiger partial charge in [-0.2, -0.15) is 0 Å². The largest absolute Gasteiger partial charge is 0.410 e. The monoisotopic (exact) mass is 339 g/mol. The molecule has 25 heavy (non-hydrogen) atoms. The second kappa shape index (κ2) is 9.11. The summed E-state index contributed by atoms with van der Waals surface area (Å²) in [6.07, 6.45) is 0. The molecule has 1 N–H and O–H groups in total. The average molecular weight is 339 g/mol. The van der Waals surface area contributed by atoms with Crippen molar-refractivity contribution in [2.75, 3.05) is 36.0 Å². The Morgan fingerprint density at radius 3 is 1.24 bits per heavy atom. The zero-order valence-electron chi connectivity index (χ0n) is 15.7. The van der Waals surface area contributed by atoms with Gasteiger partial charge in [0.2, 0.25) is 0 Å². The van der Waals surface area contributed by atoms with Crippen molar-refractivity contribution in [3.05, 3.63) is 59.7 Å². The molecule has 2 aromatic carbocycles. The highest BCUT2D eigenvalue weighted by molar-refractivity contribution is 6.12. The van der Waals surface area contributed by atoms with E-state index in [9.17, 15) is 5.21 Å². The van der Waals surface area contributed by atoms with Gasteiger partial charge in [-0.15, -0.1) is 0 Å². The molecule has 134 valence electrons. The molecule has 4 heteroatoms. The number of nitrogens with zero attached hydrogens (tertiary/aromatic N) is 3. The van der Waals surface area contributed by atoms with Crippen LogP contribution in [-0.2, 0) is 0 Å². The van der Waals surface area contributed by atoms with Crippen LogP contribution in [0.3, 0.4) is 0 Å². The van der Waals surface area contributed by atoms with Crippen molar-refractivity contribution in [2.24, 2.45) is 5.16 Å². The molecule has 0 atom stereocenters. The van der Waals surface area contributed by atoms with Gasteiger partial charge in [0.05, 0.1) is 0 Å². The minimum absolute atomic E-state index is 0.595. The first-order chi connectivity index (χ1) is 12.2. The summed E-state index contributed by atoms with van der Waals surface area (Å²) in [5.74, 6) is 0. The fourth-order valence-corrected chi connectivity index (χ4v) is 3.12. The van der Waals surface area contributed by atoms with E-state index in [1.807, 2.05) is 24.3 Å². The summed E-state index contributed by atoms with van der Waals surface area (Å²) in [5, 5.41) is 13.1. The highest BCUT2D eigenvalue weighted by Gasteiger charge is 2.10. The van der Waals surface area contributed by atoms with Crippen molar-refractivity contribution in [1.82, 2.24) is 0 Å². The van der Waals surface area contributed by atoms with E-state index in [1.54, 1.807) is 0 Å². The molecule has 0 aliphatic rings. The third-order valence-electron chi connectivity index (χ3n) is 4.64. The fourth-order valence-electron chi connectivity index (χ4n) is 3.12. The molecule has 0 aliphatic heterocycles. The molecule has 0 spiro atoms. The zero-order valence-corrected chi connectivity index (χ0v) is 15.7. The summed E-state index contributed by atoms with van der Waals surface area (Å²) in [7, 11) is 0. The lowest BCUT2D eigenvalue weighted by molar-refractivity contribution is 0.319. The van der Waals surface area contributed by atoms with Crippen molar-refractivity contribution >= 4 is 17.1 Å². The number of rotatable bonds is 8. The van der Waals surface area contributed by atoms with E-state index in [0.29, 0.717) is 5.71 Å². The van der Waals surface area contributed by atoms with E-state index < -0.39 is 0 Å². The Morgan fingerprint density at radius 2 is 1.00 bits per heavy atom. The lowest BCUT2D eigenvalue weighted by Crippen LogP contribution is -2.22. The van der Waals surface area contributed by atoms with Gasteiger partial charge in [-0.1, -0.05) is 29.4 Å². The van der Waals surface area contributed by atoms with E-state index in [2.05, 4.69) is 66.9 Å². The number of benzene rings is 2. The maximum atomic E-state index is 9.54. The second-order valence-electron chi connectivity index (χ2n) is 5.89. The molecule has 2 rings (SSSR count). The SMILES string of the molecule is CCN(CC)c1ccc(C(=NO)c2ccc(N(CC)CC)cc2)cc1. The van der Waals surface area contributed by atoms with Crippen LogP contribution in [0.5, 0.6) is 0 Å². The van der Waals surface area contributed by atoms with E-state index in [1.165, 1.54) is 11.4 Å². The quantitative estimate of drug-likeness (QED) is 0.434. The maximum absolute atomic E-state index is 9.54. The summed E-state index contributed by atoms with van der Waals surface area (Å²) in [4.78, 5) is 4.58. The standard InChI is InChI=1S/C21H29N3O/c1-5-23(6-2)19-13-9-17(10-14-19)21(22-25)18-11-15-20(16-12-18)24(7-3)8-4/h9-16,25H,5-8H2,1-4H3. The van der Waals surface area contributed by atoms with Gasteiger partial charge < -0.3 is 15.0 Å². The van der Waals surface area contributed by atoms with Gasteiger partial charge in [0.15, 0.2) is 0 Å². The molecule has 0 amide bonds. The maximum Gasteiger partial charge on any atom is 0.117 e. The normalized spacial score (nSPS) is 10.4. The molecule has 0 bridgehead atoms. The molecule has 4 nitrogen and oxygen atoms in total. The van der Waals surface area contributed by atoms with E-state index in [4.69, 9.17) is 0 Å². The van der Waals surface area contributed by atoms with E-state index >= 15 is 0 Å². The van der Waals surface area contributed by atoms with Crippen molar-refractivity contribution in [3.63, 3.8) is 0 Å². The Balaban J connectivity index is 2.25. The van der Waals surface area contributed by atoms with Gasteiger partial charge in [0, 0.05) is 48.7 Å². The molecular weight excluding hydrogens is 310 g/mol. The molecule has 0 aliphatic carbocycles. The Morgan fingerprint density at radius 1 is 0.680 bits per heavy atom. The molecule has 0 fully saturated rings. The van der Waals surface area contributed by atoms with Gasteiger partial charge in [0.25, 0.3) is 0 Å². The predicted molar refractivity (Wildman–Crippen MR) is 107 cm³/mol. The van der Waals surface area contributed by atoms with Crippen LogP contribution in [0.1, 0.15) is 38.8 Å². The zero-order chi connectivity index (χ0) is 18.2. The second-order valence-corrected chi connectivity index (χ2v) is 5.89. The minimum atomic E-state index is 0.595. The van der Waals surface area contributed by atoms with Gasteiger partial charge in [0.1, 0.15) is 5.71 Å². The van der Waals surface area contributed by atoms with Gasteiger partial charge >= 0.3 is 0 Å². The van der Waals surface area contributed by atoms with Crippen LogP contribution in [0.2, 0.25) is 0 Å². The lowest BCUT2D eigenvalue weighted by atomic mass is 10.0. The van der Waals surface area contributed by atoms with Crippen LogP contribution >= 0.6 is 0 Å². The first kappa shape index (κ1) is 18.8. The Labute approximate surface area is 151 Å².